The quantitative estimate of drug-likeness (QED) is 0.0321. The number of nitrogens with one attached hydrogen (secondary N) is 1. The Morgan fingerprint density at radius 1 is 0.429 bits per heavy atom. The van der Waals surface area contributed by atoms with Crippen LogP contribution in [-0.2, 0) is 14.3 Å². The van der Waals surface area contributed by atoms with Gasteiger partial charge in [-0.2, -0.15) is 0 Å². The van der Waals surface area contributed by atoms with E-state index in [1.165, 1.54) is 231 Å². The van der Waals surface area contributed by atoms with Crippen LogP contribution in [0.1, 0.15) is 303 Å². The predicted octanol–water partition coefficient (Wildman–Crippen LogP) is 17.1. The first kappa shape index (κ1) is 61.3. The van der Waals surface area contributed by atoms with Gasteiger partial charge in [0.1, 0.15) is 0 Å². The van der Waals surface area contributed by atoms with Gasteiger partial charge >= 0.3 is 5.97 Å². The Labute approximate surface area is 392 Å². The first-order chi connectivity index (χ1) is 31.0. The minimum Gasteiger partial charge on any atom is -0.466 e. The summed E-state index contributed by atoms with van der Waals surface area (Å²) in [5.74, 6) is -0.0659. The average molecular weight is 889 g/mol. The maximum absolute atomic E-state index is 12.4. The number of hydrogen-bond acceptors (Lipinski definition) is 5. The molecule has 0 bridgehead atoms. The predicted molar refractivity (Wildman–Crippen MR) is 273 cm³/mol. The molecule has 6 nitrogen and oxygen atoms in total. The Bertz CT molecular complexity index is 982. The minimum absolute atomic E-state index is 0.00634. The number of amides is 1. The monoisotopic (exact) mass is 888 g/mol. The van der Waals surface area contributed by atoms with Crippen molar-refractivity contribution < 1.29 is 24.5 Å². The van der Waals surface area contributed by atoms with Crippen LogP contribution < -0.4 is 5.32 Å². The van der Waals surface area contributed by atoms with E-state index in [-0.39, 0.29) is 18.5 Å². The molecule has 6 heteroatoms. The van der Waals surface area contributed by atoms with Crippen LogP contribution in [0.4, 0.5) is 0 Å². The number of esters is 1. The van der Waals surface area contributed by atoms with Crippen LogP contribution in [0.3, 0.4) is 0 Å². The Hall–Kier alpha value is -1.66. The Balaban J connectivity index is 3.37. The van der Waals surface area contributed by atoms with Crippen molar-refractivity contribution >= 4 is 11.9 Å². The summed E-state index contributed by atoms with van der Waals surface area (Å²) in [5.41, 5.74) is 0. The molecule has 0 aromatic carbocycles. The van der Waals surface area contributed by atoms with E-state index >= 15 is 0 Å². The standard InChI is InChI=1S/C57H109NO5/c1-3-5-7-9-11-13-14-15-16-21-25-28-31-35-39-43-47-51-57(62)63-52-48-44-40-36-32-29-26-23-20-18-17-19-22-24-27-30-34-38-42-46-50-56(61)58-54(53-59)55(60)49-45-41-37-33-12-10-8-6-4-2/h15-16,45,49,54-55,59-60H,3-14,17-44,46-48,50-53H2,1-2H3,(H,58,61)/b16-15-,49-45+. The van der Waals surface area contributed by atoms with E-state index in [1.807, 2.05) is 6.08 Å². The van der Waals surface area contributed by atoms with Gasteiger partial charge in [-0.15, -0.1) is 0 Å². The molecule has 0 aliphatic rings. The van der Waals surface area contributed by atoms with Crippen molar-refractivity contribution in [3.05, 3.63) is 24.3 Å². The number of carbonyl (C=O) groups excluding carboxylic acids is 2. The maximum Gasteiger partial charge on any atom is 0.305 e. The number of unbranched alkanes of at least 4 members (excludes halogenated alkanes) is 39. The van der Waals surface area contributed by atoms with Gasteiger partial charge in [-0.3, -0.25) is 9.59 Å². The number of hydrogen-bond donors (Lipinski definition) is 3. The van der Waals surface area contributed by atoms with E-state index in [2.05, 4.69) is 31.3 Å². The highest BCUT2D eigenvalue weighted by atomic mass is 16.5. The molecule has 0 radical (unpaired) electrons. The molecular weight excluding hydrogens is 779 g/mol. The van der Waals surface area contributed by atoms with Crippen LogP contribution in [0, 0.1) is 0 Å². The van der Waals surface area contributed by atoms with Crippen molar-refractivity contribution in [1.82, 2.24) is 5.32 Å². The molecule has 2 atom stereocenters. The number of rotatable bonds is 52. The lowest BCUT2D eigenvalue weighted by Crippen LogP contribution is -2.45. The highest BCUT2D eigenvalue weighted by molar-refractivity contribution is 5.76. The number of aliphatic hydroxyl groups is 2. The molecule has 0 fully saturated rings. The topological polar surface area (TPSA) is 95.9 Å². The van der Waals surface area contributed by atoms with Crippen molar-refractivity contribution in [2.75, 3.05) is 13.2 Å². The fourth-order valence-electron chi connectivity index (χ4n) is 8.63. The van der Waals surface area contributed by atoms with Crippen molar-refractivity contribution in [1.29, 1.82) is 0 Å². The van der Waals surface area contributed by atoms with Crippen LogP contribution in [-0.4, -0.2) is 47.4 Å². The lowest BCUT2D eigenvalue weighted by molar-refractivity contribution is -0.143. The zero-order valence-corrected chi connectivity index (χ0v) is 42.3. The largest absolute Gasteiger partial charge is 0.466 e. The van der Waals surface area contributed by atoms with Crippen LogP contribution in [0.15, 0.2) is 24.3 Å². The fraction of sp³-hybridized carbons (Fsp3) is 0.895. The third-order valence-electron chi connectivity index (χ3n) is 13.0. The summed E-state index contributed by atoms with van der Waals surface area (Å²) in [6, 6.07) is -0.627. The van der Waals surface area contributed by atoms with E-state index in [4.69, 9.17) is 4.74 Å². The van der Waals surface area contributed by atoms with E-state index in [1.54, 1.807) is 6.08 Å². The second-order valence-electron chi connectivity index (χ2n) is 19.3. The molecule has 0 saturated heterocycles. The molecule has 0 spiro atoms. The van der Waals surface area contributed by atoms with Gasteiger partial charge in [0.2, 0.25) is 5.91 Å². The molecule has 0 aromatic heterocycles. The number of carbonyl (C=O) groups is 2. The second kappa shape index (κ2) is 53.0. The molecule has 1 amide bonds. The fourth-order valence-corrected chi connectivity index (χ4v) is 8.63. The molecule has 0 saturated carbocycles. The summed E-state index contributed by atoms with van der Waals surface area (Å²) in [5, 5.41) is 22.9. The van der Waals surface area contributed by atoms with Gasteiger partial charge < -0.3 is 20.3 Å². The van der Waals surface area contributed by atoms with Gasteiger partial charge in [-0.25, -0.2) is 0 Å². The first-order valence-corrected chi connectivity index (χ1v) is 28.1. The van der Waals surface area contributed by atoms with Gasteiger partial charge in [0.25, 0.3) is 0 Å². The van der Waals surface area contributed by atoms with Gasteiger partial charge in [0.15, 0.2) is 0 Å². The molecule has 0 rings (SSSR count). The average Bonchev–Trinajstić information content (AvgIpc) is 3.28. The molecule has 0 aromatic rings. The minimum atomic E-state index is -0.843. The van der Waals surface area contributed by atoms with Crippen LogP contribution in [0.2, 0.25) is 0 Å². The van der Waals surface area contributed by atoms with Crippen LogP contribution in [0.5, 0.6) is 0 Å². The van der Waals surface area contributed by atoms with Gasteiger partial charge in [-0.1, -0.05) is 256 Å². The molecular formula is C57H109NO5. The van der Waals surface area contributed by atoms with Crippen molar-refractivity contribution in [3.8, 4) is 0 Å². The van der Waals surface area contributed by atoms with E-state index in [0.717, 1.165) is 44.9 Å². The highest BCUT2D eigenvalue weighted by Crippen LogP contribution is 2.17. The van der Waals surface area contributed by atoms with Crippen LogP contribution >= 0.6 is 0 Å². The number of allylic oxidation sites excluding steroid dienone is 3. The molecule has 63 heavy (non-hydrogen) atoms. The molecule has 0 aliphatic carbocycles. The SMILES string of the molecule is CCCCCCCC/C=C\CCCCCCCCCC(=O)OCCCCCCCCCCCCCCCCCCCCCCC(=O)NC(CO)C(O)/C=C/CCCCCCCCC. The van der Waals surface area contributed by atoms with Crippen LogP contribution in [0.25, 0.3) is 0 Å². The van der Waals surface area contributed by atoms with Gasteiger partial charge in [-0.05, 0) is 57.8 Å². The number of ether oxygens (including phenoxy) is 1. The summed E-state index contributed by atoms with van der Waals surface area (Å²) >= 11 is 0. The lowest BCUT2D eigenvalue weighted by Gasteiger charge is -2.20. The molecule has 0 heterocycles. The maximum atomic E-state index is 12.4. The van der Waals surface area contributed by atoms with E-state index < -0.39 is 12.1 Å². The normalized spacial score (nSPS) is 12.8. The Morgan fingerprint density at radius 2 is 0.746 bits per heavy atom. The Morgan fingerprint density at radius 3 is 1.13 bits per heavy atom. The lowest BCUT2D eigenvalue weighted by atomic mass is 10.0. The molecule has 0 aliphatic heterocycles. The van der Waals surface area contributed by atoms with Crippen molar-refractivity contribution in [2.45, 2.75) is 315 Å². The summed E-state index contributed by atoms with van der Waals surface area (Å²) in [7, 11) is 0. The summed E-state index contributed by atoms with van der Waals surface area (Å²) in [6.45, 7) is 4.87. The zero-order valence-electron chi connectivity index (χ0n) is 42.3. The van der Waals surface area contributed by atoms with E-state index in [9.17, 15) is 19.8 Å². The first-order valence-electron chi connectivity index (χ1n) is 28.1. The smallest absolute Gasteiger partial charge is 0.305 e. The summed E-state index contributed by atoms with van der Waals surface area (Å²) < 4.78 is 5.48. The highest BCUT2D eigenvalue weighted by Gasteiger charge is 2.18. The molecule has 3 N–H and O–H groups in total. The number of aliphatic hydroxyl groups excluding tert-OH is 2. The second-order valence-corrected chi connectivity index (χ2v) is 19.3. The summed E-state index contributed by atoms with van der Waals surface area (Å²) in [4.78, 5) is 24.4. The third-order valence-corrected chi connectivity index (χ3v) is 13.0. The zero-order chi connectivity index (χ0) is 45.8. The molecule has 372 valence electrons. The van der Waals surface area contributed by atoms with Crippen molar-refractivity contribution in [3.63, 3.8) is 0 Å². The Kier molecular flexibility index (Phi) is 51.6. The van der Waals surface area contributed by atoms with Gasteiger partial charge in [0.05, 0.1) is 25.4 Å². The van der Waals surface area contributed by atoms with Gasteiger partial charge in [0, 0.05) is 12.8 Å². The van der Waals surface area contributed by atoms with E-state index in [0.29, 0.717) is 19.4 Å². The van der Waals surface area contributed by atoms with Crippen molar-refractivity contribution in [2.24, 2.45) is 0 Å². The molecule has 2 unspecified atom stereocenters. The summed E-state index contributed by atoms with van der Waals surface area (Å²) in [6.07, 6.45) is 63.5. The third kappa shape index (κ3) is 49.6.